The van der Waals surface area contributed by atoms with Gasteiger partial charge in [0.15, 0.2) is 16.7 Å². The second kappa shape index (κ2) is 6.21. The SMILES string of the molecule is Cc1cccc2nc(CSc3nnc(-c4ccco4)n3C)cc(=O)n12. The standard InChI is InChI=1S/C17H15N5O2S/c1-11-5-3-7-14-18-12(9-15(23)22(11)14)10-25-17-20-19-16(21(17)2)13-6-4-8-24-13/h3-9H,10H2,1-2H3. The predicted octanol–water partition coefficient (Wildman–Crippen LogP) is 2.68. The first-order valence-corrected chi connectivity index (χ1v) is 8.66. The van der Waals surface area contributed by atoms with Gasteiger partial charge in [-0.25, -0.2) is 4.98 Å². The number of pyridine rings is 1. The summed E-state index contributed by atoms with van der Waals surface area (Å²) < 4.78 is 8.83. The third-order valence-corrected chi connectivity index (χ3v) is 4.91. The molecule has 25 heavy (non-hydrogen) atoms. The molecule has 4 heterocycles. The Hall–Kier alpha value is -2.87. The van der Waals surface area contributed by atoms with Crippen molar-refractivity contribution in [1.82, 2.24) is 24.1 Å². The van der Waals surface area contributed by atoms with Gasteiger partial charge in [-0.2, -0.15) is 0 Å². The van der Waals surface area contributed by atoms with E-state index in [1.807, 2.05) is 48.9 Å². The fourth-order valence-corrected chi connectivity index (χ4v) is 3.44. The lowest BCUT2D eigenvalue weighted by Gasteiger charge is -2.06. The lowest BCUT2D eigenvalue weighted by atomic mass is 10.3. The van der Waals surface area contributed by atoms with Crippen molar-refractivity contribution in [3.8, 4) is 11.6 Å². The van der Waals surface area contributed by atoms with Crippen molar-refractivity contribution in [1.29, 1.82) is 0 Å². The van der Waals surface area contributed by atoms with Crippen LogP contribution in [-0.4, -0.2) is 24.1 Å². The number of nitrogens with zero attached hydrogens (tertiary/aromatic N) is 5. The summed E-state index contributed by atoms with van der Waals surface area (Å²) in [7, 11) is 1.88. The maximum Gasteiger partial charge on any atom is 0.258 e. The Labute approximate surface area is 147 Å². The first-order valence-electron chi connectivity index (χ1n) is 7.68. The van der Waals surface area contributed by atoms with Crippen LogP contribution in [0.15, 0.2) is 57.0 Å². The van der Waals surface area contributed by atoms with E-state index in [2.05, 4.69) is 15.2 Å². The van der Waals surface area contributed by atoms with Gasteiger partial charge in [-0.1, -0.05) is 17.8 Å². The summed E-state index contributed by atoms with van der Waals surface area (Å²) in [5.74, 6) is 1.86. The molecule has 0 bridgehead atoms. The van der Waals surface area contributed by atoms with Crippen LogP contribution in [0.5, 0.6) is 0 Å². The van der Waals surface area contributed by atoms with E-state index in [1.54, 1.807) is 16.7 Å². The zero-order chi connectivity index (χ0) is 17.4. The molecule has 0 unspecified atom stereocenters. The van der Waals surface area contributed by atoms with Crippen molar-refractivity contribution >= 4 is 17.4 Å². The van der Waals surface area contributed by atoms with E-state index in [0.717, 1.165) is 10.9 Å². The molecule has 0 aliphatic heterocycles. The van der Waals surface area contributed by atoms with Gasteiger partial charge >= 0.3 is 0 Å². The molecule has 7 nitrogen and oxygen atoms in total. The van der Waals surface area contributed by atoms with Gasteiger partial charge in [0.25, 0.3) is 5.56 Å². The van der Waals surface area contributed by atoms with Gasteiger partial charge in [-0.3, -0.25) is 9.20 Å². The molecule has 126 valence electrons. The Kier molecular flexibility index (Phi) is 3.89. The summed E-state index contributed by atoms with van der Waals surface area (Å²) in [5, 5.41) is 9.09. The number of thioether (sulfide) groups is 1. The van der Waals surface area contributed by atoms with Gasteiger partial charge in [0, 0.05) is 24.6 Å². The van der Waals surface area contributed by atoms with Crippen molar-refractivity contribution in [2.24, 2.45) is 7.05 Å². The Morgan fingerprint density at radius 3 is 2.88 bits per heavy atom. The number of aryl methyl sites for hydroxylation is 1. The van der Waals surface area contributed by atoms with Crippen LogP contribution in [0.2, 0.25) is 0 Å². The summed E-state index contributed by atoms with van der Waals surface area (Å²) in [6.45, 7) is 1.89. The largest absolute Gasteiger partial charge is 0.461 e. The number of fused-ring (bicyclic) bond motifs is 1. The molecule has 0 atom stereocenters. The Bertz CT molecular complexity index is 1100. The Balaban J connectivity index is 1.60. The highest BCUT2D eigenvalue weighted by atomic mass is 32.2. The second-order valence-corrected chi connectivity index (χ2v) is 6.52. The topological polar surface area (TPSA) is 78.2 Å². The molecular weight excluding hydrogens is 338 g/mol. The smallest absolute Gasteiger partial charge is 0.258 e. The van der Waals surface area contributed by atoms with Gasteiger partial charge in [0.05, 0.1) is 12.0 Å². The molecule has 0 fully saturated rings. The third kappa shape index (κ3) is 2.85. The van der Waals surface area contributed by atoms with Crippen LogP contribution in [0, 0.1) is 6.92 Å². The van der Waals surface area contributed by atoms with Crippen molar-refractivity contribution in [3.05, 3.63) is 64.4 Å². The van der Waals surface area contributed by atoms with Crippen molar-refractivity contribution in [2.45, 2.75) is 17.8 Å². The molecule has 0 N–H and O–H groups in total. The van der Waals surface area contributed by atoms with Crippen LogP contribution in [0.3, 0.4) is 0 Å². The molecule has 4 rings (SSSR count). The highest BCUT2D eigenvalue weighted by Gasteiger charge is 2.14. The quantitative estimate of drug-likeness (QED) is 0.525. The number of hydrogen-bond donors (Lipinski definition) is 0. The van der Waals surface area contributed by atoms with E-state index >= 15 is 0 Å². The molecule has 0 aliphatic carbocycles. The molecule has 0 amide bonds. The van der Waals surface area contributed by atoms with Crippen LogP contribution in [-0.2, 0) is 12.8 Å². The predicted molar refractivity (Wildman–Crippen MR) is 94.5 cm³/mol. The minimum atomic E-state index is -0.0760. The molecule has 0 aromatic carbocycles. The monoisotopic (exact) mass is 353 g/mol. The fourth-order valence-electron chi connectivity index (χ4n) is 2.64. The normalized spacial score (nSPS) is 11.3. The van der Waals surface area contributed by atoms with Crippen molar-refractivity contribution in [2.75, 3.05) is 0 Å². The van der Waals surface area contributed by atoms with Gasteiger partial charge < -0.3 is 8.98 Å². The molecule has 8 heteroatoms. The van der Waals surface area contributed by atoms with Crippen molar-refractivity contribution < 1.29 is 4.42 Å². The maximum atomic E-state index is 12.3. The molecular formula is C17H15N5O2S. The summed E-state index contributed by atoms with van der Waals surface area (Å²) in [5.41, 5.74) is 2.15. The van der Waals surface area contributed by atoms with Gasteiger partial charge in [-0.05, 0) is 31.2 Å². The fraction of sp³-hybridized carbons (Fsp3) is 0.176. The molecule has 0 spiro atoms. The zero-order valence-electron chi connectivity index (χ0n) is 13.7. The summed E-state index contributed by atoms with van der Waals surface area (Å²) in [4.78, 5) is 16.9. The molecule has 4 aromatic rings. The van der Waals surface area contributed by atoms with Gasteiger partial charge in [0.2, 0.25) is 0 Å². The minimum Gasteiger partial charge on any atom is -0.461 e. The average Bonchev–Trinajstić information content (AvgIpc) is 3.22. The molecule has 0 aliphatic rings. The molecule has 4 aromatic heterocycles. The number of rotatable bonds is 4. The summed E-state index contributed by atoms with van der Waals surface area (Å²) in [6.07, 6.45) is 1.60. The minimum absolute atomic E-state index is 0.0760. The highest BCUT2D eigenvalue weighted by molar-refractivity contribution is 7.98. The second-order valence-electron chi connectivity index (χ2n) is 5.58. The Morgan fingerprint density at radius 2 is 2.08 bits per heavy atom. The first-order chi connectivity index (χ1) is 12.1. The van der Waals surface area contributed by atoms with Crippen molar-refractivity contribution in [3.63, 3.8) is 0 Å². The zero-order valence-corrected chi connectivity index (χ0v) is 14.5. The number of hydrogen-bond acceptors (Lipinski definition) is 6. The van der Waals surface area contributed by atoms with E-state index < -0.39 is 0 Å². The van der Waals surface area contributed by atoms with Crippen LogP contribution >= 0.6 is 11.8 Å². The lowest BCUT2D eigenvalue weighted by molar-refractivity contribution is 0.572. The van der Waals surface area contributed by atoms with Gasteiger partial charge in [0.1, 0.15) is 5.65 Å². The van der Waals surface area contributed by atoms with Crippen LogP contribution < -0.4 is 5.56 Å². The van der Waals surface area contributed by atoms with E-state index in [9.17, 15) is 4.79 Å². The van der Waals surface area contributed by atoms with Crippen LogP contribution in [0.4, 0.5) is 0 Å². The maximum absolute atomic E-state index is 12.3. The lowest BCUT2D eigenvalue weighted by Crippen LogP contribution is -2.17. The van der Waals surface area contributed by atoms with Crippen LogP contribution in [0.1, 0.15) is 11.4 Å². The number of aromatic nitrogens is 5. The number of furan rings is 1. The van der Waals surface area contributed by atoms with E-state index in [4.69, 9.17) is 4.42 Å². The van der Waals surface area contributed by atoms with Crippen LogP contribution in [0.25, 0.3) is 17.2 Å². The van der Waals surface area contributed by atoms with E-state index in [1.165, 1.54) is 11.8 Å². The van der Waals surface area contributed by atoms with Gasteiger partial charge in [-0.15, -0.1) is 10.2 Å². The summed E-state index contributed by atoms with van der Waals surface area (Å²) in [6, 6.07) is 10.8. The highest BCUT2D eigenvalue weighted by Crippen LogP contribution is 2.24. The third-order valence-electron chi connectivity index (χ3n) is 3.86. The van der Waals surface area contributed by atoms with E-state index in [-0.39, 0.29) is 5.56 Å². The Morgan fingerprint density at radius 1 is 1.20 bits per heavy atom. The van der Waals surface area contributed by atoms with E-state index in [0.29, 0.717) is 28.7 Å². The molecule has 0 saturated carbocycles. The first kappa shape index (κ1) is 15.6. The molecule has 0 radical (unpaired) electrons. The molecule has 0 saturated heterocycles. The average molecular weight is 353 g/mol. The summed E-state index contributed by atoms with van der Waals surface area (Å²) >= 11 is 1.48.